The summed E-state index contributed by atoms with van der Waals surface area (Å²) in [4.78, 5) is 14.2. The largest absolute Gasteiger partial charge is 0.497 e. The fourth-order valence-electron chi connectivity index (χ4n) is 2.77. The summed E-state index contributed by atoms with van der Waals surface area (Å²) in [5, 5.41) is 2.73. The van der Waals surface area contributed by atoms with Crippen LogP contribution in [-0.2, 0) is 4.79 Å². The summed E-state index contributed by atoms with van der Waals surface area (Å²) in [6, 6.07) is 10.4. The maximum Gasteiger partial charge on any atom is 0.225 e. The zero-order valence-electron chi connectivity index (χ0n) is 16.5. The predicted octanol–water partition coefficient (Wildman–Crippen LogP) is 4.17. The minimum Gasteiger partial charge on any atom is -0.497 e. The van der Waals surface area contributed by atoms with Crippen LogP contribution in [0.25, 0.3) is 0 Å². The molecule has 1 amide bonds. The van der Waals surface area contributed by atoms with Gasteiger partial charge in [0.25, 0.3) is 0 Å². The molecule has 27 heavy (non-hydrogen) atoms. The average Bonchev–Trinajstić information content (AvgIpc) is 2.67. The predicted molar refractivity (Wildman–Crippen MR) is 105 cm³/mol. The molecule has 1 unspecified atom stereocenters. The van der Waals surface area contributed by atoms with Gasteiger partial charge in [-0.25, -0.2) is 4.39 Å². The second-order valence-electron chi connectivity index (χ2n) is 6.53. The summed E-state index contributed by atoms with van der Waals surface area (Å²) in [5.41, 5.74) is 2.03. The number of amides is 1. The van der Waals surface area contributed by atoms with E-state index in [1.807, 2.05) is 25.2 Å². The van der Waals surface area contributed by atoms with Gasteiger partial charge >= 0.3 is 0 Å². The molecule has 0 heterocycles. The van der Waals surface area contributed by atoms with Crippen molar-refractivity contribution in [2.24, 2.45) is 0 Å². The molecule has 0 saturated heterocycles. The van der Waals surface area contributed by atoms with Crippen LogP contribution in [-0.4, -0.2) is 38.6 Å². The van der Waals surface area contributed by atoms with Gasteiger partial charge in [-0.05, 0) is 44.7 Å². The highest BCUT2D eigenvalue weighted by atomic mass is 19.1. The SMILES string of the molecule is COc1ccc(C(C)N(C)CCC(=O)Nc2ccc(C)c(F)c2)c(OC)c1. The van der Waals surface area contributed by atoms with Crippen LogP contribution in [0.15, 0.2) is 36.4 Å². The normalized spacial score (nSPS) is 12.0. The third kappa shape index (κ3) is 5.44. The van der Waals surface area contributed by atoms with E-state index in [4.69, 9.17) is 9.47 Å². The number of methoxy groups -OCH3 is 2. The Kier molecular flexibility index (Phi) is 7.19. The number of rotatable bonds is 8. The van der Waals surface area contributed by atoms with Crippen molar-refractivity contribution in [2.75, 3.05) is 33.1 Å². The molecule has 0 aliphatic carbocycles. The fraction of sp³-hybridized carbons (Fsp3) is 0.381. The molecule has 6 heteroatoms. The lowest BCUT2D eigenvalue weighted by Gasteiger charge is -2.26. The molecule has 0 aliphatic rings. The van der Waals surface area contributed by atoms with Crippen molar-refractivity contribution >= 4 is 11.6 Å². The molecule has 0 bridgehead atoms. The average molecular weight is 374 g/mol. The number of anilines is 1. The summed E-state index contributed by atoms with van der Waals surface area (Å²) < 4.78 is 24.3. The van der Waals surface area contributed by atoms with Gasteiger partial charge < -0.3 is 14.8 Å². The number of nitrogens with zero attached hydrogens (tertiary/aromatic N) is 1. The van der Waals surface area contributed by atoms with E-state index in [1.165, 1.54) is 6.07 Å². The highest BCUT2D eigenvalue weighted by molar-refractivity contribution is 5.90. The second-order valence-corrected chi connectivity index (χ2v) is 6.53. The lowest BCUT2D eigenvalue weighted by Crippen LogP contribution is -2.27. The first kappa shape index (κ1) is 20.7. The number of hydrogen-bond acceptors (Lipinski definition) is 4. The first-order chi connectivity index (χ1) is 12.8. The van der Waals surface area contributed by atoms with E-state index in [0.29, 0.717) is 24.2 Å². The first-order valence-electron chi connectivity index (χ1n) is 8.84. The van der Waals surface area contributed by atoms with Crippen LogP contribution < -0.4 is 14.8 Å². The molecule has 2 aromatic rings. The highest BCUT2D eigenvalue weighted by Gasteiger charge is 2.17. The third-order valence-electron chi connectivity index (χ3n) is 4.70. The van der Waals surface area contributed by atoms with Gasteiger partial charge in [0.1, 0.15) is 17.3 Å². The fourth-order valence-corrected chi connectivity index (χ4v) is 2.77. The van der Waals surface area contributed by atoms with Crippen molar-refractivity contribution in [1.82, 2.24) is 4.90 Å². The molecular formula is C21H27FN2O3. The topological polar surface area (TPSA) is 50.8 Å². The van der Waals surface area contributed by atoms with Gasteiger partial charge in [-0.15, -0.1) is 0 Å². The Morgan fingerprint density at radius 1 is 1.19 bits per heavy atom. The van der Waals surface area contributed by atoms with E-state index in [2.05, 4.69) is 17.1 Å². The maximum atomic E-state index is 13.6. The number of benzene rings is 2. The highest BCUT2D eigenvalue weighted by Crippen LogP contribution is 2.31. The molecule has 2 rings (SSSR count). The van der Waals surface area contributed by atoms with E-state index in [1.54, 1.807) is 33.3 Å². The van der Waals surface area contributed by atoms with Crippen LogP contribution in [0.5, 0.6) is 11.5 Å². The molecule has 1 N–H and O–H groups in total. The third-order valence-corrected chi connectivity index (χ3v) is 4.70. The van der Waals surface area contributed by atoms with Crippen molar-refractivity contribution in [3.8, 4) is 11.5 Å². The Hall–Kier alpha value is -2.60. The number of aryl methyl sites for hydroxylation is 1. The molecule has 0 saturated carbocycles. The number of nitrogens with one attached hydrogen (secondary N) is 1. The summed E-state index contributed by atoms with van der Waals surface area (Å²) >= 11 is 0. The number of ether oxygens (including phenoxy) is 2. The smallest absolute Gasteiger partial charge is 0.225 e. The van der Waals surface area contributed by atoms with Gasteiger partial charge in [0.15, 0.2) is 0 Å². The van der Waals surface area contributed by atoms with Crippen molar-refractivity contribution in [1.29, 1.82) is 0 Å². The van der Waals surface area contributed by atoms with Crippen LogP contribution in [0.2, 0.25) is 0 Å². The number of carbonyl (C=O) groups excluding carboxylic acids is 1. The summed E-state index contributed by atoms with van der Waals surface area (Å²) in [6.07, 6.45) is 0.300. The quantitative estimate of drug-likeness (QED) is 0.753. The Morgan fingerprint density at radius 3 is 2.56 bits per heavy atom. The van der Waals surface area contributed by atoms with Crippen molar-refractivity contribution < 1.29 is 18.7 Å². The van der Waals surface area contributed by atoms with E-state index >= 15 is 0 Å². The zero-order chi connectivity index (χ0) is 20.0. The van der Waals surface area contributed by atoms with Crippen molar-refractivity contribution in [3.63, 3.8) is 0 Å². The lowest BCUT2D eigenvalue weighted by molar-refractivity contribution is -0.116. The molecule has 1 atom stereocenters. The molecule has 0 fully saturated rings. The molecule has 0 spiro atoms. The Balaban J connectivity index is 1.95. The van der Waals surface area contributed by atoms with Gasteiger partial charge in [-0.1, -0.05) is 12.1 Å². The minimum atomic E-state index is -0.329. The molecule has 0 aliphatic heterocycles. The summed E-state index contributed by atoms with van der Waals surface area (Å²) in [7, 11) is 5.19. The number of carbonyl (C=O) groups is 1. The Bertz CT molecular complexity index is 795. The monoisotopic (exact) mass is 374 g/mol. The number of hydrogen-bond donors (Lipinski definition) is 1. The van der Waals surface area contributed by atoms with E-state index in [-0.39, 0.29) is 17.8 Å². The Labute approximate surface area is 160 Å². The molecule has 0 radical (unpaired) electrons. The zero-order valence-corrected chi connectivity index (χ0v) is 16.5. The van der Waals surface area contributed by atoms with Crippen LogP contribution in [0.3, 0.4) is 0 Å². The Morgan fingerprint density at radius 2 is 1.93 bits per heavy atom. The molecule has 146 valence electrons. The van der Waals surface area contributed by atoms with Crippen molar-refractivity contribution in [3.05, 3.63) is 53.3 Å². The maximum absolute atomic E-state index is 13.6. The van der Waals surface area contributed by atoms with Gasteiger partial charge in [-0.3, -0.25) is 9.69 Å². The molecule has 5 nitrogen and oxygen atoms in total. The summed E-state index contributed by atoms with van der Waals surface area (Å²) in [5.74, 6) is 0.993. The molecule has 0 aromatic heterocycles. The first-order valence-corrected chi connectivity index (χ1v) is 8.84. The van der Waals surface area contributed by atoms with E-state index in [0.717, 1.165) is 17.1 Å². The van der Waals surface area contributed by atoms with Crippen LogP contribution in [0, 0.1) is 12.7 Å². The standard InChI is InChI=1S/C21H27FN2O3/c1-14-6-7-16(12-19(14)22)23-21(25)10-11-24(3)15(2)18-9-8-17(26-4)13-20(18)27-5/h6-9,12-13,15H,10-11H2,1-5H3,(H,23,25). The van der Waals surface area contributed by atoms with Crippen LogP contribution in [0.1, 0.15) is 30.5 Å². The van der Waals surface area contributed by atoms with E-state index in [9.17, 15) is 9.18 Å². The molecular weight excluding hydrogens is 347 g/mol. The van der Waals surface area contributed by atoms with Gasteiger partial charge in [0.2, 0.25) is 5.91 Å². The second kappa shape index (κ2) is 9.37. The van der Waals surface area contributed by atoms with E-state index < -0.39 is 0 Å². The van der Waals surface area contributed by atoms with Gasteiger partial charge in [0, 0.05) is 36.3 Å². The number of halogens is 1. The van der Waals surface area contributed by atoms with Crippen LogP contribution >= 0.6 is 0 Å². The molecule has 2 aromatic carbocycles. The minimum absolute atomic E-state index is 0.0514. The van der Waals surface area contributed by atoms with Gasteiger partial charge in [0.05, 0.1) is 14.2 Å². The van der Waals surface area contributed by atoms with Crippen molar-refractivity contribution in [2.45, 2.75) is 26.3 Å². The van der Waals surface area contributed by atoms with Gasteiger partial charge in [-0.2, -0.15) is 0 Å². The van der Waals surface area contributed by atoms with Crippen LogP contribution in [0.4, 0.5) is 10.1 Å². The lowest BCUT2D eigenvalue weighted by atomic mass is 10.1. The summed E-state index contributed by atoms with van der Waals surface area (Å²) in [6.45, 7) is 4.29.